The second-order valence-electron chi connectivity index (χ2n) is 2.85. The third-order valence-electron chi connectivity index (χ3n) is 2.06. The van der Waals surface area contributed by atoms with Gasteiger partial charge in [0.25, 0.3) is 0 Å². The molecular formula is C6H14N3NaO2. The Hall–Kier alpha value is 0. The maximum Gasteiger partial charge on any atom is 1.00 e. The van der Waals surface area contributed by atoms with Gasteiger partial charge in [-0.2, -0.15) is 0 Å². The number of piperidine rings is 1. The molecule has 1 aliphatic heterocycles. The minimum atomic E-state index is 0. The Balaban J connectivity index is 0. The van der Waals surface area contributed by atoms with Crippen molar-refractivity contribution >= 4 is 0 Å². The summed E-state index contributed by atoms with van der Waals surface area (Å²) in [5, 5.41) is 23.1. The van der Waals surface area contributed by atoms with Crippen LogP contribution in [0.5, 0.6) is 0 Å². The SMILES string of the molecule is CC1CCCCN1[N+]([O-])=NO.[H-].[Na+]. The minimum Gasteiger partial charge on any atom is -1.00 e. The van der Waals surface area contributed by atoms with Crippen LogP contribution in [0.15, 0.2) is 5.28 Å². The molecule has 66 valence electrons. The predicted molar refractivity (Wildman–Crippen MR) is 39.0 cm³/mol. The molecule has 0 saturated carbocycles. The molecular weight excluding hydrogens is 169 g/mol. The fourth-order valence-corrected chi connectivity index (χ4v) is 1.39. The van der Waals surface area contributed by atoms with Crippen LogP contribution in [0.3, 0.4) is 0 Å². The largest absolute Gasteiger partial charge is 1.00 e. The summed E-state index contributed by atoms with van der Waals surface area (Å²) < 4.78 is 0. The van der Waals surface area contributed by atoms with Crippen LogP contribution >= 0.6 is 0 Å². The van der Waals surface area contributed by atoms with Crippen LogP contribution in [0.25, 0.3) is 0 Å². The summed E-state index contributed by atoms with van der Waals surface area (Å²) in [5.41, 5.74) is 0. The van der Waals surface area contributed by atoms with Gasteiger partial charge in [-0.3, -0.25) is 0 Å². The van der Waals surface area contributed by atoms with E-state index in [2.05, 4.69) is 5.28 Å². The Bertz CT molecular complexity index is 170. The average Bonchev–Trinajstić information content (AvgIpc) is 2.04. The molecule has 1 N–H and O–H groups in total. The summed E-state index contributed by atoms with van der Waals surface area (Å²) in [6.07, 6.45) is 3.14. The molecule has 1 saturated heterocycles. The summed E-state index contributed by atoms with van der Waals surface area (Å²) in [4.78, 5) is 0.268. The Morgan fingerprint density at radius 3 is 2.83 bits per heavy atom. The van der Waals surface area contributed by atoms with Crippen molar-refractivity contribution in [2.75, 3.05) is 6.54 Å². The third-order valence-corrected chi connectivity index (χ3v) is 2.06. The van der Waals surface area contributed by atoms with Crippen molar-refractivity contribution in [1.29, 1.82) is 0 Å². The summed E-state index contributed by atoms with van der Waals surface area (Å²) >= 11 is 0. The monoisotopic (exact) mass is 183 g/mol. The average molecular weight is 183 g/mol. The fourth-order valence-electron chi connectivity index (χ4n) is 1.39. The van der Waals surface area contributed by atoms with Gasteiger partial charge in [-0.15, -0.1) is 5.01 Å². The maximum absolute atomic E-state index is 10.8. The molecule has 0 aromatic carbocycles. The van der Waals surface area contributed by atoms with Gasteiger partial charge in [0.05, 0.1) is 17.6 Å². The molecule has 0 radical (unpaired) electrons. The van der Waals surface area contributed by atoms with E-state index in [1.807, 2.05) is 6.92 Å². The van der Waals surface area contributed by atoms with Crippen molar-refractivity contribution in [3.63, 3.8) is 0 Å². The number of hydrazine groups is 1. The van der Waals surface area contributed by atoms with E-state index in [9.17, 15) is 5.21 Å². The van der Waals surface area contributed by atoms with E-state index >= 15 is 0 Å². The van der Waals surface area contributed by atoms with Crippen molar-refractivity contribution in [3.05, 3.63) is 5.21 Å². The van der Waals surface area contributed by atoms with E-state index in [1.54, 1.807) is 0 Å². The zero-order valence-corrected chi connectivity index (χ0v) is 9.60. The van der Waals surface area contributed by atoms with Crippen LogP contribution < -0.4 is 29.6 Å². The normalized spacial score (nSPS) is 24.9. The molecule has 1 aliphatic rings. The number of hydrogen-bond donors (Lipinski definition) is 1. The van der Waals surface area contributed by atoms with E-state index in [0.717, 1.165) is 19.3 Å². The number of nitrogens with zero attached hydrogens (tertiary/aromatic N) is 3. The Morgan fingerprint density at radius 1 is 1.67 bits per heavy atom. The summed E-state index contributed by atoms with van der Waals surface area (Å²) in [7, 11) is 0. The van der Waals surface area contributed by atoms with Gasteiger partial charge in [-0.25, -0.2) is 0 Å². The molecule has 1 heterocycles. The van der Waals surface area contributed by atoms with Crippen molar-refractivity contribution in [1.82, 2.24) is 5.01 Å². The smallest absolute Gasteiger partial charge is 1.00 e. The van der Waals surface area contributed by atoms with Gasteiger partial charge >= 0.3 is 29.6 Å². The van der Waals surface area contributed by atoms with E-state index in [-0.39, 0.29) is 42.0 Å². The zero-order valence-electron chi connectivity index (χ0n) is 8.60. The van der Waals surface area contributed by atoms with Crippen LogP contribution in [0, 0.1) is 5.21 Å². The first-order valence-electron chi connectivity index (χ1n) is 3.84. The molecule has 0 aromatic rings. The van der Waals surface area contributed by atoms with Crippen LogP contribution in [-0.2, 0) is 0 Å². The van der Waals surface area contributed by atoms with E-state index in [1.165, 1.54) is 5.01 Å². The Kier molecular flexibility index (Phi) is 5.61. The minimum absolute atomic E-state index is 0. The van der Waals surface area contributed by atoms with E-state index in [0.29, 0.717) is 6.54 Å². The topological polar surface area (TPSA) is 61.9 Å². The van der Waals surface area contributed by atoms with Gasteiger partial charge in [-0.1, -0.05) is 0 Å². The number of rotatable bonds is 1. The molecule has 0 aliphatic carbocycles. The van der Waals surface area contributed by atoms with Gasteiger partial charge in [-0.05, 0) is 26.2 Å². The molecule has 0 aromatic heterocycles. The van der Waals surface area contributed by atoms with Crippen molar-refractivity contribution in [3.8, 4) is 0 Å². The quantitative estimate of drug-likeness (QED) is 0.227. The molecule has 5 nitrogen and oxygen atoms in total. The molecule has 0 spiro atoms. The first-order chi connectivity index (χ1) is 5.25. The van der Waals surface area contributed by atoms with Gasteiger partial charge in [0.1, 0.15) is 0 Å². The summed E-state index contributed by atoms with van der Waals surface area (Å²) in [6.45, 7) is 2.64. The fraction of sp³-hybridized carbons (Fsp3) is 1.00. The summed E-state index contributed by atoms with van der Waals surface area (Å²) in [6, 6.07) is 0.192. The first kappa shape index (κ1) is 12.0. The Morgan fingerprint density at radius 2 is 2.33 bits per heavy atom. The van der Waals surface area contributed by atoms with Crippen LogP contribution in [-0.4, -0.2) is 27.8 Å². The van der Waals surface area contributed by atoms with Crippen LogP contribution in [0.4, 0.5) is 0 Å². The van der Waals surface area contributed by atoms with Gasteiger partial charge in [0, 0.05) is 0 Å². The second kappa shape index (κ2) is 5.61. The second-order valence-corrected chi connectivity index (χ2v) is 2.85. The van der Waals surface area contributed by atoms with E-state index < -0.39 is 0 Å². The zero-order chi connectivity index (χ0) is 8.27. The molecule has 0 amide bonds. The standard InChI is InChI=1S/C6H13N3O2.Na.H/c1-6-4-2-3-5-8(6)9(11)7-10;;/h6,10H,2-5H2,1H3;;/q;+1;-1. The van der Waals surface area contributed by atoms with Gasteiger partial charge < -0.3 is 11.8 Å². The molecule has 1 fully saturated rings. The molecule has 6 heteroatoms. The van der Waals surface area contributed by atoms with Crippen molar-refractivity contribution < 1.29 is 41.2 Å². The molecule has 1 atom stereocenters. The van der Waals surface area contributed by atoms with Crippen LogP contribution in [0.2, 0.25) is 0 Å². The Labute approximate surface area is 95.3 Å². The number of hydrogen-bond acceptors (Lipinski definition) is 2. The van der Waals surface area contributed by atoms with Gasteiger partial charge in [0.15, 0.2) is 0 Å². The maximum atomic E-state index is 10.8. The van der Waals surface area contributed by atoms with Crippen molar-refractivity contribution in [2.45, 2.75) is 32.2 Å². The van der Waals surface area contributed by atoms with Crippen molar-refractivity contribution in [2.24, 2.45) is 5.28 Å². The first-order valence-corrected chi connectivity index (χ1v) is 3.84. The molecule has 0 bridgehead atoms. The van der Waals surface area contributed by atoms with Gasteiger partial charge in [0.2, 0.25) is 5.28 Å². The molecule has 1 unspecified atom stereocenters. The van der Waals surface area contributed by atoms with E-state index in [4.69, 9.17) is 5.21 Å². The third kappa shape index (κ3) is 2.80. The van der Waals surface area contributed by atoms with Crippen LogP contribution in [0.1, 0.15) is 27.6 Å². The summed E-state index contributed by atoms with van der Waals surface area (Å²) in [5.74, 6) is 0. The molecule has 12 heavy (non-hydrogen) atoms. The molecule has 1 rings (SSSR count). The predicted octanol–water partition coefficient (Wildman–Crippen LogP) is -1.76.